The van der Waals surface area contributed by atoms with E-state index in [9.17, 15) is 19.5 Å². The van der Waals surface area contributed by atoms with Crippen LogP contribution in [0.1, 0.15) is 53.4 Å². The Morgan fingerprint density at radius 2 is 1.82 bits per heavy atom. The number of anilines is 1. The minimum atomic E-state index is -0.921. The molecule has 0 radical (unpaired) electrons. The van der Waals surface area contributed by atoms with E-state index >= 15 is 0 Å². The number of hydrogen-bond donors (Lipinski definition) is 2. The Labute approximate surface area is 168 Å². The smallest absolute Gasteiger partial charge is 0.341 e. The fourth-order valence-corrected chi connectivity index (χ4v) is 6.24. The third-order valence-electron chi connectivity index (χ3n) is 6.22. The first-order valence-corrected chi connectivity index (χ1v) is 10.9. The summed E-state index contributed by atoms with van der Waals surface area (Å²) in [5.74, 6) is -3.09. The van der Waals surface area contributed by atoms with E-state index < -0.39 is 23.8 Å². The minimum absolute atomic E-state index is 0.0632. The van der Waals surface area contributed by atoms with Crippen LogP contribution in [0.25, 0.3) is 0 Å². The van der Waals surface area contributed by atoms with Gasteiger partial charge in [-0.2, -0.15) is 0 Å². The SMILES string of the molecule is CCOC(=O)c1c(NC(=O)[C@@H]2[C@@H](C(=O)O)[C@H]3C=C[C@H]2CC3)sc2c1CCCC2. The van der Waals surface area contributed by atoms with Crippen molar-refractivity contribution < 1.29 is 24.2 Å². The van der Waals surface area contributed by atoms with Crippen molar-refractivity contribution in [3.05, 3.63) is 28.2 Å². The number of allylic oxidation sites excluding steroid dienone is 2. The van der Waals surface area contributed by atoms with E-state index in [1.54, 1.807) is 6.92 Å². The number of amides is 1. The van der Waals surface area contributed by atoms with Crippen molar-refractivity contribution in [1.29, 1.82) is 0 Å². The Balaban J connectivity index is 1.64. The van der Waals surface area contributed by atoms with E-state index in [0.717, 1.165) is 49.0 Å². The number of fused-ring (bicyclic) bond motifs is 3. The number of thiophene rings is 1. The van der Waals surface area contributed by atoms with Crippen molar-refractivity contribution in [2.75, 3.05) is 11.9 Å². The molecule has 150 valence electrons. The summed E-state index contributed by atoms with van der Waals surface area (Å²) < 4.78 is 5.24. The fourth-order valence-electron chi connectivity index (χ4n) is 4.96. The van der Waals surface area contributed by atoms with Crippen LogP contribution in [0.15, 0.2) is 12.2 Å². The highest BCUT2D eigenvalue weighted by Gasteiger charge is 2.48. The standard InChI is InChI=1S/C21H25NO5S/c1-2-27-21(26)17-13-5-3-4-6-14(13)28-19(17)22-18(23)15-11-7-9-12(10-8-11)16(15)20(24)25/h7,9,11-12,15-16H,2-6,8,10H2,1H3,(H,22,23)(H,24,25)/t11-,12-,15-,16-/m0/s1. The molecule has 4 atom stereocenters. The van der Waals surface area contributed by atoms with Gasteiger partial charge in [0.25, 0.3) is 0 Å². The van der Waals surface area contributed by atoms with Crippen LogP contribution in [0.3, 0.4) is 0 Å². The molecule has 2 N–H and O–H groups in total. The zero-order valence-corrected chi connectivity index (χ0v) is 16.7. The average molecular weight is 404 g/mol. The van der Waals surface area contributed by atoms with Gasteiger partial charge < -0.3 is 15.2 Å². The summed E-state index contributed by atoms with van der Waals surface area (Å²) in [6.45, 7) is 2.03. The Bertz CT molecular complexity index is 842. The molecule has 0 aliphatic heterocycles. The molecule has 0 aromatic carbocycles. The quantitative estimate of drug-likeness (QED) is 0.578. The van der Waals surface area contributed by atoms with Crippen LogP contribution in [-0.2, 0) is 27.2 Å². The van der Waals surface area contributed by atoms with E-state index in [1.807, 2.05) is 12.2 Å². The van der Waals surface area contributed by atoms with Gasteiger partial charge in [0.05, 0.1) is 24.0 Å². The molecule has 4 aliphatic carbocycles. The van der Waals surface area contributed by atoms with Gasteiger partial charge in [0.2, 0.25) is 5.91 Å². The maximum Gasteiger partial charge on any atom is 0.341 e. The average Bonchev–Trinajstić information content (AvgIpc) is 3.06. The number of carboxylic acid groups (broad SMARTS) is 1. The molecule has 7 heteroatoms. The van der Waals surface area contributed by atoms with Gasteiger partial charge in [-0.3, -0.25) is 9.59 Å². The van der Waals surface area contributed by atoms with Crippen molar-refractivity contribution in [2.24, 2.45) is 23.7 Å². The summed E-state index contributed by atoms with van der Waals surface area (Å²) >= 11 is 1.44. The lowest BCUT2D eigenvalue weighted by Crippen LogP contribution is -2.47. The fraction of sp³-hybridized carbons (Fsp3) is 0.571. The van der Waals surface area contributed by atoms with Crippen LogP contribution in [-0.4, -0.2) is 29.6 Å². The number of hydrogen-bond acceptors (Lipinski definition) is 5. The number of carbonyl (C=O) groups excluding carboxylic acids is 2. The number of carbonyl (C=O) groups is 3. The van der Waals surface area contributed by atoms with Crippen LogP contribution < -0.4 is 5.32 Å². The van der Waals surface area contributed by atoms with Gasteiger partial charge in [-0.25, -0.2) is 4.79 Å². The molecular weight excluding hydrogens is 378 g/mol. The molecular formula is C21H25NO5S. The zero-order valence-electron chi connectivity index (χ0n) is 15.9. The first kappa shape index (κ1) is 19.2. The van der Waals surface area contributed by atoms with Crippen LogP contribution in [0.4, 0.5) is 5.00 Å². The van der Waals surface area contributed by atoms with Crippen molar-refractivity contribution in [2.45, 2.75) is 45.4 Å². The lowest BCUT2D eigenvalue weighted by molar-refractivity contribution is -0.151. The van der Waals surface area contributed by atoms with Crippen LogP contribution in [0, 0.1) is 23.7 Å². The molecule has 1 aromatic rings. The lowest BCUT2D eigenvalue weighted by Gasteiger charge is -2.41. The van der Waals surface area contributed by atoms with Gasteiger partial charge in [-0.15, -0.1) is 11.3 Å². The van der Waals surface area contributed by atoms with E-state index in [0.29, 0.717) is 10.6 Å². The lowest BCUT2D eigenvalue weighted by atomic mass is 9.62. The van der Waals surface area contributed by atoms with Gasteiger partial charge in [0.1, 0.15) is 5.00 Å². The highest BCUT2D eigenvalue weighted by atomic mass is 32.1. The van der Waals surface area contributed by atoms with Gasteiger partial charge in [-0.05, 0) is 62.8 Å². The number of aliphatic carboxylic acids is 1. The zero-order chi connectivity index (χ0) is 19.8. The molecule has 1 fully saturated rings. The van der Waals surface area contributed by atoms with Crippen molar-refractivity contribution in [1.82, 2.24) is 0 Å². The molecule has 0 spiro atoms. The minimum Gasteiger partial charge on any atom is -0.481 e. The Kier molecular flexibility index (Phi) is 5.27. The molecule has 0 saturated heterocycles. The van der Waals surface area contributed by atoms with E-state index in [2.05, 4.69) is 5.32 Å². The van der Waals surface area contributed by atoms with Gasteiger partial charge in [-0.1, -0.05) is 12.2 Å². The van der Waals surface area contributed by atoms with Crippen molar-refractivity contribution >= 4 is 34.2 Å². The number of carboxylic acids is 1. The van der Waals surface area contributed by atoms with Crippen molar-refractivity contribution in [3.8, 4) is 0 Å². The second-order valence-corrected chi connectivity index (χ2v) is 8.91. The molecule has 0 unspecified atom stereocenters. The first-order chi connectivity index (χ1) is 13.5. The summed E-state index contributed by atoms with van der Waals surface area (Å²) in [7, 11) is 0. The number of nitrogens with one attached hydrogen (secondary N) is 1. The van der Waals surface area contributed by atoms with Gasteiger partial charge in [0.15, 0.2) is 0 Å². The molecule has 6 nitrogen and oxygen atoms in total. The monoisotopic (exact) mass is 403 g/mol. The molecule has 1 amide bonds. The third-order valence-corrected chi connectivity index (χ3v) is 7.43. The number of esters is 1. The maximum atomic E-state index is 13.2. The van der Waals surface area contributed by atoms with Crippen LogP contribution in [0.2, 0.25) is 0 Å². The van der Waals surface area contributed by atoms with E-state index in [-0.39, 0.29) is 24.3 Å². The topological polar surface area (TPSA) is 92.7 Å². The Morgan fingerprint density at radius 3 is 2.46 bits per heavy atom. The molecule has 28 heavy (non-hydrogen) atoms. The largest absolute Gasteiger partial charge is 0.481 e. The predicted molar refractivity (Wildman–Crippen MR) is 106 cm³/mol. The summed E-state index contributed by atoms with van der Waals surface area (Å²) in [4.78, 5) is 38.7. The highest BCUT2D eigenvalue weighted by Crippen LogP contribution is 2.46. The van der Waals surface area contributed by atoms with E-state index in [4.69, 9.17) is 4.74 Å². The predicted octanol–water partition coefficient (Wildman–Crippen LogP) is 3.66. The molecule has 4 aliphatic rings. The summed E-state index contributed by atoms with van der Waals surface area (Å²) in [5.41, 5.74) is 1.46. The van der Waals surface area contributed by atoms with Gasteiger partial charge in [0, 0.05) is 4.88 Å². The second kappa shape index (κ2) is 7.70. The second-order valence-electron chi connectivity index (χ2n) is 7.80. The summed E-state index contributed by atoms with van der Waals surface area (Å²) in [6.07, 6.45) is 9.37. The maximum absolute atomic E-state index is 13.2. The molecule has 1 saturated carbocycles. The molecule has 1 heterocycles. The van der Waals surface area contributed by atoms with Crippen molar-refractivity contribution in [3.63, 3.8) is 0 Å². The summed E-state index contributed by atoms with van der Waals surface area (Å²) in [6, 6.07) is 0. The third kappa shape index (κ3) is 3.26. The Hall–Kier alpha value is -2.15. The van der Waals surface area contributed by atoms with Crippen LogP contribution in [0.5, 0.6) is 0 Å². The first-order valence-electron chi connectivity index (χ1n) is 10.0. The molecule has 2 bridgehead atoms. The van der Waals surface area contributed by atoms with E-state index in [1.165, 1.54) is 11.3 Å². The normalized spacial score (nSPS) is 27.9. The Morgan fingerprint density at radius 1 is 1.14 bits per heavy atom. The molecule has 1 aromatic heterocycles. The number of aryl methyl sites for hydroxylation is 1. The molecule has 5 rings (SSSR count). The van der Waals surface area contributed by atoms with Crippen LogP contribution >= 0.6 is 11.3 Å². The highest BCUT2D eigenvalue weighted by molar-refractivity contribution is 7.17. The number of ether oxygens (including phenoxy) is 1. The summed E-state index contributed by atoms with van der Waals surface area (Å²) in [5, 5.41) is 13.2. The van der Waals surface area contributed by atoms with Gasteiger partial charge >= 0.3 is 11.9 Å². The number of rotatable bonds is 5.